The molecule has 3 N–H and O–H groups in total. The Morgan fingerprint density at radius 3 is 2.67 bits per heavy atom. The fourth-order valence-corrected chi connectivity index (χ4v) is 1.46. The van der Waals surface area contributed by atoms with Crippen molar-refractivity contribution in [2.75, 3.05) is 13.1 Å². The Bertz CT molecular complexity index is 302. The van der Waals surface area contributed by atoms with Crippen LogP contribution in [0.3, 0.4) is 0 Å². The van der Waals surface area contributed by atoms with Gasteiger partial charge in [-0.25, -0.2) is 8.78 Å². The summed E-state index contributed by atoms with van der Waals surface area (Å²) in [5.74, 6) is 0. The van der Waals surface area contributed by atoms with Crippen LogP contribution in [-0.4, -0.2) is 19.5 Å². The van der Waals surface area contributed by atoms with Crippen LogP contribution in [-0.2, 0) is 0 Å². The highest BCUT2D eigenvalue weighted by Gasteiger charge is 2.11. The molecule has 0 fully saturated rings. The Hall–Kier alpha value is -1.00. The Balaban J connectivity index is 2.65. The number of hydrogen-bond donors (Lipinski definition) is 2. The Labute approximate surface area is 88.5 Å². The van der Waals surface area contributed by atoms with Gasteiger partial charge in [0.05, 0.1) is 6.54 Å². The highest BCUT2D eigenvalue weighted by molar-refractivity contribution is 5.25. The van der Waals surface area contributed by atoms with Crippen LogP contribution in [0.4, 0.5) is 8.78 Å². The highest BCUT2D eigenvalue weighted by atomic mass is 19.3. The zero-order valence-corrected chi connectivity index (χ0v) is 8.71. The molecule has 15 heavy (non-hydrogen) atoms. The van der Waals surface area contributed by atoms with Crippen LogP contribution in [0.25, 0.3) is 0 Å². The molecule has 0 saturated carbocycles. The summed E-state index contributed by atoms with van der Waals surface area (Å²) in [6.07, 6.45) is -2.34. The Kier molecular flexibility index (Phi) is 4.65. The summed E-state index contributed by atoms with van der Waals surface area (Å²) in [6.45, 7) is 1.95. The van der Waals surface area contributed by atoms with E-state index in [0.29, 0.717) is 6.54 Å². The van der Waals surface area contributed by atoms with Gasteiger partial charge in [-0.05, 0) is 12.5 Å². The number of aryl methyl sites for hydroxylation is 1. The Morgan fingerprint density at radius 1 is 1.40 bits per heavy atom. The third kappa shape index (κ3) is 3.93. The van der Waals surface area contributed by atoms with Crippen molar-refractivity contribution in [1.82, 2.24) is 5.32 Å². The first-order valence-corrected chi connectivity index (χ1v) is 4.91. The molecule has 0 aliphatic rings. The predicted octanol–water partition coefficient (Wildman–Crippen LogP) is 1.85. The predicted molar refractivity (Wildman–Crippen MR) is 57.0 cm³/mol. The van der Waals surface area contributed by atoms with Gasteiger partial charge in [-0.3, -0.25) is 0 Å². The first-order valence-electron chi connectivity index (χ1n) is 4.91. The lowest BCUT2D eigenvalue weighted by molar-refractivity contribution is 0.141. The van der Waals surface area contributed by atoms with E-state index in [1.165, 1.54) is 0 Å². The number of halogens is 2. The maximum absolute atomic E-state index is 12.0. The van der Waals surface area contributed by atoms with Crippen LogP contribution in [0.2, 0.25) is 0 Å². The van der Waals surface area contributed by atoms with Gasteiger partial charge in [-0.15, -0.1) is 0 Å². The van der Waals surface area contributed by atoms with Crippen molar-refractivity contribution < 1.29 is 8.78 Å². The summed E-state index contributed by atoms with van der Waals surface area (Å²) in [5, 5.41) is 2.74. The second-order valence-corrected chi connectivity index (χ2v) is 3.50. The number of nitrogens with one attached hydrogen (secondary N) is 1. The molecule has 84 valence electrons. The van der Waals surface area contributed by atoms with E-state index in [9.17, 15) is 8.78 Å². The molecule has 0 aliphatic heterocycles. The third-order valence-corrected chi connectivity index (χ3v) is 2.20. The molecule has 0 aromatic heterocycles. The molecule has 0 aliphatic carbocycles. The smallest absolute Gasteiger partial charge is 0.250 e. The molecular weight excluding hydrogens is 198 g/mol. The van der Waals surface area contributed by atoms with Crippen molar-refractivity contribution in [3.05, 3.63) is 35.4 Å². The second kappa shape index (κ2) is 5.78. The minimum Gasteiger partial charge on any atom is -0.329 e. The van der Waals surface area contributed by atoms with Gasteiger partial charge in [0, 0.05) is 12.6 Å². The summed E-state index contributed by atoms with van der Waals surface area (Å²) < 4.78 is 24.0. The largest absolute Gasteiger partial charge is 0.329 e. The van der Waals surface area contributed by atoms with Crippen molar-refractivity contribution in [3.63, 3.8) is 0 Å². The Morgan fingerprint density at radius 2 is 2.13 bits per heavy atom. The van der Waals surface area contributed by atoms with E-state index in [1.54, 1.807) is 0 Å². The zero-order chi connectivity index (χ0) is 11.3. The summed E-state index contributed by atoms with van der Waals surface area (Å²) in [7, 11) is 0. The van der Waals surface area contributed by atoms with Gasteiger partial charge < -0.3 is 11.1 Å². The van der Waals surface area contributed by atoms with Crippen LogP contribution in [0.1, 0.15) is 17.2 Å². The lowest BCUT2D eigenvalue weighted by Gasteiger charge is -2.17. The lowest BCUT2D eigenvalue weighted by Crippen LogP contribution is -2.31. The van der Waals surface area contributed by atoms with Gasteiger partial charge in [0.25, 0.3) is 6.43 Å². The fourth-order valence-electron chi connectivity index (χ4n) is 1.46. The average molecular weight is 214 g/mol. The topological polar surface area (TPSA) is 38.0 Å². The maximum Gasteiger partial charge on any atom is 0.250 e. The quantitative estimate of drug-likeness (QED) is 0.785. The van der Waals surface area contributed by atoms with Crippen LogP contribution in [0, 0.1) is 6.92 Å². The van der Waals surface area contributed by atoms with Gasteiger partial charge in [0.1, 0.15) is 0 Å². The van der Waals surface area contributed by atoms with E-state index < -0.39 is 6.43 Å². The van der Waals surface area contributed by atoms with Gasteiger partial charge in [-0.1, -0.05) is 29.8 Å². The number of rotatable bonds is 5. The normalized spacial score (nSPS) is 13.1. The van der Waals surface area contributed by atoms with E-state index in [1.807, 2.05) is 31.2 Å². The van der Waals surface area contributed by atoms with Crippen molar-refractivity contribution in [3.8, 4) is 0 Å². The van der Waals surface area contributed by atoms with Gasteiger partial charge >= 0.3 is 0 Å². The number of alkyl halides is 2. The van der Waals surface area contributed by atoms with Crippen LogP contribution in [0.5, 0.6) is 0 Å². The molecule has 0 heterocycles. The SMILES string of the molecule is Cc1cccc(C(CN)NCC(F)F)c1. The molecular formula is C11H16F2N2. The van der Waals surface area contributed by atoms with Gasteiger partial charge in [0.2, 0.25) is 0 Å². The molecule has 1 atom stereocenters. The molecule has 1 aromatic carbocycles. The van der Waals surface area contributed by atoms with E-state index in [4.69, 9.17) is 5.73 Å². The van der Waals surface area contributed by atoms with Crippen LogP contribution < -0.4 is 11.1 Å². The molecule has 0 radical (unpaired) electrons. The van der Waals surface area contributed by atoms with E-state index in [0.717, 1.165) is 11.1 Å². The minimum absolute atomic E-state index is 0.195. The standard InChI is InChI=1S/C11H16F2N2/c1-8-3-2-4-9(5-8)10(6-14)15-7-11(12)13/h2-5,10-11,15H,6-7,14H2,1H3. The molecule has 1 rings (SSSR count). The lowest BCUT2D eigenvalue weighted by atomic mass is 10.0. The van der Waals surface area contributed by atoms with E-state index >= 15 is 0 Å². The van der Waals surface area contributed by atoms with E-state index in [-0.39, 0.29) is 12.6 Å². The molecule has 1 unspecified atom stereocenters. The van der Waals surface area contributed by atoms with Gasteiger partial charge in [-0.2, -0.15) is 0 Å². The first kappa shape index (κ1) is 12.1. The summed E-state index contributed by atoms with van der Waals surface area (Å²) >= 11 is 0. The minimum atomic E-state index is -2.34. The van der Waals surface area contributed by atoms with Crippen LogP contribution >= 0.6 is 0 Å². The molecule has 0 amide bonds. The van der Waals surface area contributed by atoms with Crippen LogP contribution in [0.15, 0.2) is 24.3 Å². The van der Waals surface area contributed by atoms with Crippen molar-refractivity contribution in [1.29, 1.82) is 0 Å². The highest BCUT2D eigenvalue weighted by Crippen LogP contribution is 2.13. The summed E-state index contributed by atoms with van der Waals surface area (Å²) in [4.78, 5) is 0. The summed E-state index contributed by atoms with van der Waals surface area (Å²) in [6, 6.07) is 7.51. The molecule has 0 saturated heterocycles. The maximum atomic E-state index is 12.0. The number of hydrogen-bond acceptors (Lipinski definition) is 2. The average Bonchev–Trinajstić information content (AvgIpc) is 2.18. The summed E-state index contributed by atoms with van der Waals surface area (Å²) in [5.41, 5.74) is 7.59. The number of benzene rings is 1. The zero-order valence-electron chi connectivity index (χ0n) is 8.71. The van der Waals surface area contributed by atoms with Crippen molar-refractivity contribution in [2.24, 2.45) is 5.73 Å². The molecule has 0 spiro atoms. The van der Waals surface area contributed by atoms with Gasteiger partial charge in [0.15, 0.2) is 0 Å². The third-order valence-electron chi connectivity index (χ3n) is 2.20. The molecule has 1 aromatic rings. The monoisotopic (exact) mass is 214 g/mol. The number of nitrogens with two attached hydrogens (primary N) is 1. The molecule has 2 nitrogen and oxygen atoms in total. The van der Waals surface area contributed by atoms with Crippen molar-refractivity contribution in [2.45, 2.75) is 19.4 Å². The first-order chi connectivity index (χ1) is 7.13. The second-order valence-electron chi connectivity index (χ2n) is 3.50. The fraction of sp³-hybridized carbons (Fsp3) is 0.455. The van der Waals surface area contributed by atoms with Crippen molar-refractivity contribution >= 4 is 0 Å². The molecule has 4 heteroatoms. The molecule has 0 bridgehead atoms. The van der Waals surface area contributed by atoms with E-state index in [2.05, 4.69) is 5.32 Å².